The van der Waals surface area contributed by atoms with Crippen molar-refractivity contribution in [2.45, 2.75) is 13.8 Å². The van der Waals surface area contributed by atoms with Gasteiger partial charge in [0, 0.05) is 37.6 Å². The van der Waals surface area contributed by atoms with Gasteiger partial charge in [-0.15, -0.1) is 11.3 Å². The quantitative estimate of drug-likeness (QED) is 0.856. The fourth-order valence-electron chi connectivity index (χ4n) is 2.70. The molecule has 0 aromatic carbocycles. The van der Waals surface area contributed by atoms with Crippen molar-refractivity contribution in [3.8, 4) is 0 Å². The molecule has 23 heavy (non-hydrogen) atoms. The van der Waals surface area contributed by atoms with Crippen LogP contribution in [0.4, 0.5) is 5.88 Å². The Morgan fingerprint density at radius 1 is 1.30 bits per heavy atom. The molecule has 7 heteroatoms. The number of carbonyl (C=O) groups excluding carboxylic acids is 1. The minimum absolute atomic E-state index is 0.0940. The molecule has 0 saturated carbocycles. The predicted molar refractivity (Wildman–Crippen MR) is 90.6 cm³/mol. The SMILES string of the molecule is CCN(CC)C(=O)c1csc2c(=O)cc(N3CCOCC3)oc12. The normalized spacial score (nSPS) is 15.1. The summed E-state index contributed by atoms with van der Waals surface area (Å²) < 4.78 is 11.8. The molecule has 0 N–H and O–H groups in total. The highest BCUT2D eigenvalue weighted by atomic mass is 32.1. The molecule has 1 saturated heterocycles. The summed E-state index contributed by atoms with van der Waals surface area (Å²) >= 11 is 1.27. The van der Waals surface area contributed by atoms with Crippen molar-refractivity contribution in [3.05, 3.63) is 27.2 Å². The maximum absolute atomic E-state index is 12.6. The molecular weight excluding hydrogens is 316 g/mol. The minimum Gasteiger partial charge on any atom is -0.439 e. The van der Waals surface area contributed by atoms with Crippen molar-refractivity contribution in [3.63, 3.8) is 0 Å². The molecule has 2 aromatic heterocycles. The minimum atomic E-state index is -0.101. The Bertz CT molecular complexity index is 757. The fourth-order valence-corrected chi connectivity index (χ4v) is 3.58. The number of fused-ring (bicyclic) bond motifs is 1. The maximum Gasteiger partial charge on any atom is 0.258 e. The lowest BCUT2D eigenvalue weighted by Gasteiger charge is -2.27. The number of anilines is 1. The van der Waals surface area contributed by atoms with Crippen molar-refractivity contribution < 1.29 is 13.9 Å². The molecule has 1 aliphatic rings. The second kappa shape index (κ2) is 6.72. The van der Waals surface area contributed by atoms with Crippen LogP contribution in [0.15, 0.2) is 20.7 Å². The number of nitrogens with zero attached hydrogens (tertiary/aromatic N) is 2. The number of rotatable bonds is 4. The van der Waals surface area contributed by atoms with Crippen molar-refractivity contribution in [2.75, 3.05) is 44.3 Å². The van der Waals surface area contributed by atoms with E-state index in [1.165, 1.54) is 17.4 Å². The molecule has 6 nitrogen and oxygen atoms in total. The lowest BCUT2D eigenvalue weighted by Crippen LogP contribution is -2.36. The van der Waals surface area contributed by atoms with Crippen LogP contribution in [0.2, 0.25) is 0 Å². The van der Waals surface area contributed by atoms with E-state index in [0.717, 1.165) is 0 Å². The van der Waals surface area contributed by atoms with E-state index in [1.54, 1.807) is 10.3 Å². The number of thiophene rings is 1. The number of morpholine rings is 1. The molecule has 1 fully saturated rings. The molecule has 3 rings (SSSR count). The van der Waals surface area contributed by atoms with Gasteiger partial charge in [-0.3, -0.25) is 9.59 Å². The average Bonchev–Trinajstić information content (AvgIpc) is 3.01. The Labute approximate surface area is 138 Å². The molecule has 0 aliphatic carbocycles. The summed E-state index contributed by atoms with van der Waals surface area (Å²) in [5.41, 5.74) is 0.776. The number of hydrogen-bond donors (Lipinski definition) is 0. The third-order valence-corrected chi connectivity index (χ3v) is 5.01. The van der Waals surface area contributed by atoms with Crippen molar-refractivity contribution in [1.82, 2.24) is 4.90 Å². The standard InChI is InChI=1S/C16H20N2O4S/c1-3-17(4-2)16(20)11-10-23-15-12(19)9-13(22-14(11)15)18-5-7-21-8-6-18/h9-10H,3-8H2,1-2H3. The van der Waals surface area contributed by atoms with Crippen molar-refractivity contribution in [2.24, 2.45) is 0 Å². The van der Waals surface area contributed by atoms with Crippen LogP contribution < -0.4 is 10.3 Å². The van der Waals surface area contributed by atoms with Crippen LogP contribution in [0.3, 0.4) is 0 Å². The highest BCUT2D eigenvalue weighted by molar-refractivity contribution is 7.17. The summed E-state index contributed by atoms with van der Waals surface area (Å²) in [7, 11) is 0. The summed E-state index contributed by atoms with van der Waals surface area (Å²) in [6.07, 6.45) is 0. The molecule has 1 amide bonds. The summed E-state index contributed by atoms with van der Waals surface area (Å²) in [5.74, 6) is 0.418. The zero-order valence-corrected chi connectivity index (χ0v) is 14.1. The van der Waals surface area contributed by atoms with Gasteiger partial charge in [-0.05, 0) is 13.8 Å². The molecule has 1 aliphatic heterocycles. The largest absolute Gasteiger partial charge is 0.439 e. The lowest BCUT2D eigenvalue weighted by molar-refractivity contribution is 0.0774. The molecule has 3 heterocycles. The van der Waals surface area contributed by atoms with E-state index in [9.17, 15) is 9.59 Å². The Morgan fingerprint density at radius 3 is 2.65 bits per heavy atom. The van der Waals surface area contributed by atoms with Crippen LogP contribution in [0.1, 0.15) is 24.2 Å². The molecule has 0 unspecified atom stereocenters. The lowest BCUT2D eigenvalue weighted by atomic mass is 10.2. The van der Waals surface area contributed by atoms with Crippen LogP contribution in [-0.4, -0.2) is 50.2 Å². The van der Waals surface area contributed by atoms with E-state index in [-0.39, 0.29) is 11.3 Å². The second-order valence-corrected chi connectivity index (χ2v) is 6.21. The first-order valence-electron chi connectivity index (χ1n) is 7.83. The summed E-state index contributed by atoms with van der Waals surface area (Å²) in [4.78, 5) is 28.7. The van der Waals surface area contributed by atoms with E-state index in [1.807, 2.05) is 18.7 Å². The van der Waals surface area contributed by atoms with Crippen molar-refractivity contribution >= 4 is 33.4 Å². The van der Waals surface area contributed by atoms with Gasteiger partial charge in [0.15, 0.2) is 11.5 Å². The molecular formula is C16H20N2O4S. The van der Waals surface area contributed by atoms with E-state index in [2.05, 4.69) is 0 Å². The van der Waals surface area contributed by atoms with E-state index in [4.69, 9.17) is 9.15 Å². The predicted octanol–water partition coefficient (Wildman–Crippen LogP) is 2.17. The van der Waals surface area contributed by atoms with Crippen LogP contribution in [-0.2, 0) is 4.74 Å². The first-order chi connectivity index (χ1) is 11.2. The van der Waals surface area contributed by atoms with Crippen molar-refractivity contribution in [1.29, 1.82) is 0 Å². The van der Waals surface area contributed by atoms with Crippen LogP contribution in [0.5, 0.6) is 0 Å². The van der Waals surface area contributed by atoms with Gasteiger partial charge in [-0.25, -0.2) is 0 Å². The van der Waals surface area contributed by atoms with Gasteiger partial charge < -0.3 is 19.0 Å². The molecule has 2 aromatic rings. The molecule has 0 spiro atoms. The Morgan fingerprint density at radius 2 is 2.00 bits per heavy atom. The second-order valence-electron chi connectivity index (χ2n) is 5.33. The third-order valence-electron chi connectivity index (χ3n) is 4.03. The van der Waals surface area contributed by atoms with E-state index >= 15 is 0 Å². The average molecular weight is 336 g/mol. The molecule has 0 atom stereocenters. The first-order valence-corrected chi connectivity index (χ1v) is 8.71. The fraction of sp³-hybridized carbons (Fsp3) is 0.500. The highest BCUT2D eigenvalue weighted by Crippen LogP contribution is 2.28. The Hall–Kier alpha value is -1.86. The Kier molecular flexibility index (Phi) is 4.68. The summed E-state index contributed by atoms with van der Waals surface area (Å²) in [6.45, 7) is 7.69. The van der Waals surface area contributed by atoms with Gasteiger partial charge in [0.1, 0.15) is 4.70 Å². The molecule has 0 radical (unpaired) electrons. The number of carbonyl (C=O) groups is 1. The monoisotopic (exact) mass is 336 g/mol. The third kappa shape index (κ3) is 2.98. The van der Waals surface area contributed by atoms with Gasteiger partial charge in [0.05, 0.1) is 18.8 Å². The number of ether oxygens (including phenoxy) is 1. The summed E-state index contributed by atoms with van der Waals surface area (Å²) in [5, 5.41) is 1.72. The van der Waals surface area contributed by atoms with Crippen LogP contribution in [0, 0.1) is 0 Å². The van der Waals surface area contributed by atoms with E-state index in [0.29, 0.717) is 61.1 Å². The smallest absolute Gasteiger partial charge is 0.258 e. The molecule has 124 valence electrons. The first kappa shape index (κ1) is 16.0. The molecule has 0 bridgehead atoms. The van der Waals surface area contributed by atoms with Gasteiger partial charge in [-0.2, -0.15) is 0 Å². The van der Waals surface area contributed by atoms with Gasteiger partial charge in [-0.1, -0.05) is 0 Å². The van der Waals surface area contributed by atoms with Gasteiger partial charge in [0.25, 0.3) is 5.91 Å². The van der Waals surface area contributed by atoms with Gasteiger partial charge in [0.2, 0.25) is 5.43 Å². The maximum atomic E-state index is 12.6. The highest BCUT2D eigenvalue weighted by Gasteiger charge is 2.22. The summed E-state index contributed by atoms with van der Waals surface area (Å²) in [6, 6.07) is 1.51. The zero-order valence-electron chi connectivity index (χ0n) is 13.3. The number of hydrogen-bond acceptors (Lipinski definition) is 6. The zero-order chi connectivity index (χ0) is 16.4. The topological polar surface area (TPSA) is 63.0 Å². The number of amides is 1. The Balaban J connectivity index is 2.05. The van der Waals surface area contributed by atoms with Gasteiger partial charge >= 0.3 is 0 Å². The van der Waals surface area contributed by atoms with E-state index < -0.39 is 0 Å². The van der Waals surface area contributed by atoms with Crippen LogP contribution >= 0.6 is 11.3 Å². The van der Waals surface area contributed by atoms with Crippen LogP contribution in [0.25, 0.3) is 10.3 Å².